The first-order valence-electron chi connectivity index (χ1n) is 7.22. The molecule has 2 aromatic rings. The van der Waals surface area contributed by atoms with E-state index in [0.717, 1.165) is 23.4 Å². The van der Waals surface area contributed by atoms with E-state index in [1.54, 1.807) is 18.1 Å². The monoisotopic (exact) mass is 329 g/mol. The van der Waals surface area contributed by atoms with Crippen LogP contribution in [0.4, 0.5) is 17.2 Å². The van der Waals surface area contributed by atoms with Gasteiger partial charge in [-0.05, 0) is 30.2 Å². The first-order chi connectivity index (χ1) is 11.5. The summed E-state index contributed by atoms with van der Waals surface area (Å²) in [7, 11) is 2.80. The fourth-order valence-electron chi connectivity index (χ4n) is 2.74. The summed E-state index contributed by atoms with van der Waals surface area (Å²) in [5, 5.41) is 11.4. The van der Waals surface area contributed by atoms with E-state index in [2.05, 4.69) is 9.72 Å². The highest BCUT2D eigenvalue weighted by molar-refractivity contribution is 5.91. The van der Waals surface area contributed by atoms with E-state index in [0.29, 0.717) is 6.54 Å². The van der Waals surface area contributed by atoms with Gasteiger partial charge in [0.1, 0.15) is 5.75 Å². The standard InChI is InChI=1S/C16H15N3O5/c1-23-12-3-4-13-10(7-12)5-6-18(13)15-14(19(21)22)8-11(9-17-15)16(20)24-2/h3-4,7-9H,5-6H2,1-2H3. The van der Waals surface area contributed by atoms with Crippen LogP contribution in [-0.4, -0.2) is 36.6 Å². The molecule has 0 atom stereocenters. The Balaban J connectivity index is 2.05. The van der Waals surface area contributed by atoms with Crippen molar-refractivity contribution in [1.82, 2.24) is 4.98 Å². The Morgan fingerprint density at radius 2 is 2.12 bits per heavy atom. The minimum absolute atomic E-state index is 0.0436. The molecule has 0 saturated carbocycles. The second-order valence-corrected chi connectivity index (χ2v) is 5.21. The quantitative estimate of drug-likeness (QED) is 0.483. The van der Waals surface area contributed by atoms with Gasteiger partial charge in [-0.25, -0.2) is 9.78 Å². The van der Waals surface area contributed by atoms with Gasteiger partial charge in [-0.2, -0.15) is 0 Å². The van der Waals surface area contributed by atoms with Crippen LogP contribution in [0.15, 0.2) is 30.5 Å². The van der Waals surface area contributed by atoms with Crippen LogP contribution in [-0.2, 0) is 11.2 Å². The number of rotatable bonds is 4. The van der Waals surface area contributed by atoms with Crippen LogP contribution >= 0.6 is 0 Å². The molecule has 3 rings (SSSR count). The van der Waals surface area contributed by atoms with Crippen molar-refractivity contribution in [3.8, 4) is 5.75 Å². The topological polar surface area (TPSA) is 94.8 Å². The van der Waals surface area contributed by atoms with Gasteiger partial charge >= 0.3 is 11.7 Å². The molecule has 1 aliphatic heterocycles. The summed E-state index contributed by atoms with van der Waals surface area (Å²) >= 11 is 0. The van der Waals surface area contributed by atoms with Crippen molar-refractivity contribution in [1.29, 1.82) is 0 Å². The van der Waals surface area contributed by atoms with Crippen LogP contribution in [0.5, 0.6) is 5.75 Å². The molecule has 1 aliphatic rings. The Morgan fingerprint density at radius 3 is 2.79 bits per heavy atom. The van der Waals surface area contributed by atoms with E-state index >= 15 is 0 Å². The van der Waals surface area contributed by atoms with Crippen LogP contribution in [0.2, 0.25) is 0 Å². The molecule has 0 bridgehead atoms. The zero-order chi connectivity index (χ0) is 17.3. The van der Waals surface area contributed by atoms with Gasteiger partial charge in [0.2, 0.25) is 5.82 Å². The molecule has 8 nitrogen and oxygen atoms in total. The first-order valence-corrected chi connectivity index (χ1v) is 7.22. The van der Waals surface area contributed by atoms with Gasteiger partial charge in [0.15, 0.2) is 0 Å². The smallest absolute Gasteiger partial charge is 0.339 e. The molecule has 0 spiro atoms. The van der Waals surface area contributed by atoms with Crippen molar-refractivity contribution in [3.63, 3.8) is 0 Å². The summed E-state index contributed by atoms with van der Waals surface area (Å²) in [6, 6.07) is 6.74. The summed E-state index contributed by atoms with van der Waals surface area (Å²) in [6.45, 7) is 0.563. The van der Waals surface area contributed by atoms with Gasteiger partial charge in [0, 0.05) is 24.5 Å². The lowest BCUT2D eigenvalue weighted by molar-refractivity contribution is -0.384. The molecule has 124 valence electrons. The van der Waals surface area contributed by atoms with E-state index in [1.165, 1.54) is 19.4 Å². The highest BCUT2D eigenvalue weighted by Crippen LogP contribution is 2.39. The molecule has 2 heterocycles. The predicted octanol–water partition coefficient (Wildman–Crippen LogP) is 2.48. The summed E-state index contributed by atoms with van der Waals surface area (Å²) in [4.78, 5) is 28.4. The number of pyridine rings is 1. The second kappa shape index (κ2) is 6.15. The highest BCUT2D eigenvalue weighted by atomic mass is 16.6. The third-order valence-electron chi connectivity index (χ3n) is 3.90. The number of anilines is 2. The number of ether oxygens (including phenoxy) is 2. The van der Waals surface area contributed by atoms with Gasteiger partial charge in [-0.1, -0.05) is 0 Å². The summed E-state index contributed by atoms with van der Waals surface area (Å²) in [6.07, 6.45) is 2.01. The molecular formula is C16H15N3O5. The van der Waals surface area contributed by atoms with Gasteiger partial charge in [-0.3, -0.25) is 10.1 Å². The number of methoxy groups -OCH3 is 2. The number of aromatic nitrogens is 1. The fourth-order valence-corrected chi connectivity index (χ4v) is 2.74. The van der Waals surface area contributed by atoms with E-state index in [1.807, 2.05) is 12.1 Å². The molecule has 0 fully saturated rings. The lowest BCUT2D eigenvalue weighted by Crippen LogP contribution is -2.17. The number of benzene rings is 1. The van der Waals surface area contributed by atoms with Crippen molar-refractivity contribution >= 4 is 23.2 Å². The second-order valence-electron chi connectivity index (χ2n) is 5.21. The Hall–Kier alpha value is -3.16. The van der Waals surface area contributed by atoms with Crippen LogP contribution in [0, 0.1) is 10.1 Å². The van der Waals surface area contributed by atoms with E-state index in [-0.39, 0.29) is 17.1 Å². The summed E-state index contributed by atoms with van der Waals surface area (Å²) < 4.78 is 9.79. The van der Waals surface area contributed by atoms with Gasteiger partial charge < -0.3 is 14.4 Å². The maximum Gasteiger partial charge on any atom is 0.339 e. The molecule has 0 amide bonds. The number of nitrogens with zero attached hydrogens (tertiary/aromatic N) is 3. The molecule has 1 aromatic carbocycles. The number of hydrogen-bond donors (Lipinski definition) is 0. The molecule has 0 saturated heterocycles. The van der Waals surface area contributed by atoms with Crippen molar-refractivity contribution in [2.45, 2.75) is 6.42 Å². The van der Waals surface area contributed by atoms with Crippen LogP contribution < -0.4 is 9.64 Å². The van der Waals surface area contributed by atoms with Gasteiger partial charge in [0.05, 0.1) is 24.7 Å². The normalized spacial score (nSPS) is 12.7. The number of carbonyl (C=O) groups is 1. The Kier molecular flexibility index (Phi) is 4.03. The molecule has 0 aliphatic carbocycles. The average Bonchev–Trinajstić information content (AvgIpc) is 3.03. The molecular weight excluding hydrogens is 314 g/mol. The predicted molar refractivity (Wildman–Crippen MR) is 85.9 cm³/mol. The maximum absolute atomic E-state index is 11.6. The minimum atomic E-state index is -0.663. The Labute approximate surface area is 137 Å². The molecule has 0 radical (unpaired) electrons. The SMILES string of the molecule is COC(=O)c1cnc(N2CCc3cc(OC)ccc32)c([N+](=O)[O-])c1. The third kappa shape index (κ3) is 2.62. The van der Waals surface area contributed by atoms with Gasteiger partial charge in [-0.15, -0.1) is 0 Å². The molecule has 24 heavy (non-hydrogen) atoms. The summed E-state index contributed by atoms with van der Waals surface area (Å²) in [5.74, 6) is 0.277. The first kappa shape index (κ1) is 15.7. The lowest BCUT2D eigenvalue weighted by atomic mass is 10.1. The van der Waals surface area contributed by atoms with Crippen LogP contribution in [0.1, 0.15) is 15.9 Å². The Bertz CT molecular complexity index is 821. The van der Waals surface area contributed by atoms with Crippen molar-refractivity contribution < 1.29 is 19.2 Å². The zero-order valence-electron chi connectivity index (χ0n) is 13.2. The number of esters is 1. The number of carbonyl (C=O) groups excluding carboxylic acids is 1. The molecule has 0 unspecified atom stereocenters. The summed E-state index contributed by atoms with van der Waals surface area (Å²) in [5.41, 5.74) is 1.68. The minimum Gasteiger partial charge on any atom is -0.497 e. The van der Waals surface area contributed by atoms with Crippen LogP contribution in [0.25, 0.3) is 0 Å². The zero-order valence-corrected chi connectivity index (χ0v) is 13.2. The third-order valence-corrected chi connectivity index (χ3v) is 3.90. The van der Waals surface area contributed by atoms with E-state index in [9.17, 15) is 14.9 Å². The number of hydrogen-bond acceptors (Lipinski definition) is 7. The molecule has 8 heteroatoms. The fraction of sp³-hybridized carbons (Fsp3) is 0.250. The molecule has 1 aromatic heterocycles. The van der Waals surface area contributed by atoms with Crippen molar-refractivity contribution in [2.75, 3.05) is 25.7 Å². The van der Waals surface area contributed by atoms with E-state index < -0.39 is 10.9 Å². The van der Waals surface area contributed by atoms with Crippen LogP contribution in [0.3, 0.4) is 0 Å². The number of fused-ring (bicyclic) bond motifs is 1. The van der Waals surface area contributed by atoms with Gasteiger partial charge in [0.25, 0.3) is 0 Å². The number of nitro groups is 1. The van der Waals surface area contributed by atoms with E-state index in [4.69, 9.17) is 4.74 Å². The highest BCUT2D eigenvalue weighted by Gasteiger charge is 2.29. The van der Waals surface area contributed by atoms with Crippen molar-refractivity contribution in [2.24, 2.45) is 0 Å². The average molecular weight is 329 g/mol. The molecule has 0 N–H and O–H groups in total. The largest absolute Gasteiger partial charge is 0.497 e. The van der Waals surface area contributed by atoms with Crippen molar-refractivity contribution in [3.05, 3.63) is 51.7 Å². The maximum atomic E-state index is 11.6. The Morgan fingerprint density at radius 1 is 1.33 bits per heavy atom. The lowest BCUT2D eigenvalue weighted by Gasteiger charge is -2.18.